The fourth-order valence-electron chi connectivity index (χ4n) is 1.72. The van der Waals surface area contributed by atoms with Crippen LogP contribution in [-0.2, 0) is 24.3 Å². The second-order valence-electron chi connectivity index (χ2n) is 5.14. The molecular formula is C15H17N3O5S2. The van der Waals surface area contributed by atoms with Crippen molar-refractivity contribution in [3.63, 3.8) is 0 Å². The number of carbonyl (C=O) groups excluding carboxylic acids is 2. The Balaban J connectivity index is 1.78. The van der Waals surface area contributed by atoms with E-state index in [0.717, 1.165) is 11.3 Å². The summed E-state index contributed by atoms with van der Waals surface area (Å²) in [7, 11) is -3.82. The van der Waals surface area contributed by atoms with E-state index in [0.29, 0.717) is 5.13 Å². The summed E-state index contributed by atoms with van der Waals surface area (Å²) in [4.78, 5) is 27.3. The van der Waals surface area contributed by atoms with Crippen LogP contribution in [0.25, 0.3) is 0 Å². The first kappa shape index (κ1) is 19.0. The molecule has 1 aromatic heterocycles. The molecule has 0 unspecified atom stereocenters. The minimum absolute atomic E-state index is 0.0442. The number of aryl methyl sites for hydroxylation is 2. The highest BCUT2D eigenvalue weighted by Gasteiger charge is 2.16. The Kier molecular flexibility index (Phi) is 6.23. The summed E-state index contributed by atoms with van der Waals surface area (Å²) in [5.41, 5.74) is 1.68. The van der Waals surface area contributed by atoms with Gasteiger partial charge >= 0.3 is 5.97 Å². The highest BCUT2D eigenvalue weighted by molar-refractivity contribution is 7.89. The zero-order chi connectivity index (χ0) is 18.4. The molecule has 0 atom stereocenters. The molecule has 0 bridgehead atoms. The number of hydrogen-bond donors (Lipinski definition) is 2. The van der Waals surface area contributed by atoms with Crippen LogP contribution in [0.1, 0.15) is 11.3 Å². The molecule has 134 valence electrons. The van der Waals surface area contributed by atoms with E-state index >= 15 is 0 Å². The first-order valence-electron chi connectivity index (χ1n) is 7.20. The summed E-state index contributed by atoms with van der Waals surface area (Å²) in [6, 6.07) is 6.17. The van der Waals surface area contributed by atoms with Gasteiger partial charge in [-0.15, -0.1) is 11.3 Å². The fraction of sp³-hybridized carbons (Fsp3) is 0.267. The van der Waals surface area contributed by atoms with Crippen LogP contribution in [-0.4, -0.2) is 38.4 Å². The Labute approximate surface area is 149 Å². The number of aromatic nitrogens is 1. The van der Waals surface area contributed by atoms with E-state index < -0.39 is 35.1 Å². The van der Waals surface area contributed by atoms with Gasteiger partial charge in [0.2, 0.25) is 10.0 Å². The van der Waals surface area contributed by atoms with Gasteiger partial charge in [0, 0.05) is 5.38 Å². The van der Waals surface area contributed by atoms with Gasteiger partial charge in [-0.2, -0.15) is 4.72 Å². The Morgan fingerprint density at radius 1 is 1.20 bits per heavy atom. The predicted octanol–water partition coefficient (Wildman–Crippen LogP) is 1.22. The highest BCUT2D eigenvalue weighted by atomic mass is 32.2. The third kappa shape index (κ3) is 5.93. The van der Waals surface area contributed by atoms with Gasteiger partial charge in [-0.05, 0) is 26.0 Å². The Hall–Kier alpha value is -2.30. The van der Waals surface area contributed by atoms with E-state index in [9.17, 15) is 18.0 Å². The molecule has 0 fully saturated rings. The summed E-state index contributed by atoms with van der Waals surface area (Å²) in [6.07, 6.45) is 0. The minimum atomic E-state index is -3.82. The van der Waals surface area contributed by atoms with Gasteiger partial charge in [0.15, 0.2) is 11.7 Å². The molecule has 25 heavy (non-hydrogen) atoms. The largest absolute Gasteiger partial charge is 0.455 e. The third-order valence-corrected chi connectivity index (χ3v) is 5.26. The topological polar surface area (TPSA) is 114 Å². The van der Waals surface area contributed by atoms with Crippen LogP contribution in [0.15, 0.2) is 34.5 Å². The predicted molar refractivity (Wildman–Crippen MR) is 92.8 cm³/mol. The van der Waals surface area contributed by atoms with Crippen molar-refractivity contribution in [1.29, 1.82) is 0 Å². The normalized spacial score (nSPS) is 11.1. The molecule has 1 aromatic carbocycles. The molecule has 2 aromatic rings. The Morgan fingerprint density at radius 3 is 2.48 bits per heavy atom. The lowest BCUT2D eigenvalue weighted by atomic mass is 10.2. The van der Waals surface area contributed by atoms with E-state index in [1.807, 2.05) is 6.92 Å². The van der Waals surface area contributed by atoms with Crippen LogP contribution in [0.3, 0.4) is 0 Å². The maximum absolute atomic E-state index is 12.0. The monoisotopic (exact) mass is 383 g/mol. The van der Waals surface area contributed by atoms with E-state index in [2.05, 4.69) is 15.0 Å². The summed E-state index contributed by atoms with van der Waals surface area (Å²) in [6.45, 7) is 2.52. The number of hydrogen-bond acceptors (Lipinski definition) is 7. The molecule has 1 amide bonds. The minimum Gasteiger partial charge on any atom is -0.455 e. The van der Waals surface area contributed by atoms with Crippen molar-refractivity contribution in [2.75, 3.05) is 18.5 Å². The van der Waals surface area contributed by atoms with Gasteiger partial charge in [0.05, 0.1) is 10.6 Å². The number of thiazole rings is 1. The SMILES string of the molecule is Cc1ccc(S(=O)(=O)NCC(=O)OCC(=O)Nc2nc(C)cs2)cc1. The molecule has 0 radical (unpaired) electrons. The zero-order valence-electron chi connectivity index (χ0n) is 13.6. The molecule has 1 heterocycles. The standard InChI is InChI=1S/C15H17N3O5S2/c1-10-3-5-12(6-4-10)25(21,22)16-7-14(20)23-8-13(19)18-15-17-11(2)9-24-15/h3-6,9,16H,7-8H2,1-2H3,(H,17,18,19). The Bertz CT molecular complexity index is 860. The van der Waals surface area contributed by atoms with Crippen molar-refractivity contribution in [3.05, 3.63) is 40.9 Å². The lowest BCUT2D eigenvalue weighted by Crippen LogP contribution is -2.32. The second-order valence-corrected chi connectivity index (χ2v) is 7.77. The first-order chi connectivity index (χ1) is 11.8. The average Bonchev–Trinajstić information content (AvgIpc) is 2.96. The summed E-state index contributed by atoms with van der Waals surface area (Å²) in [5, 5.41) is 4.64. The van der Waals surface area contributed by atoms with Gasteiger partial charge in [-0.3, -0.25) is 14.9 Å². The molecule has 10 heteroatoms. The molecule has 0 spiro atoms. The number of nitrogens with zero attached hydrogens (tertiary/aromatic N) is 1. The molecule has 0 saturated carbocycles. The van der Waals surface area contributed by atoms with Crippen molar-refractivity contribution < 1.29 is 22.7 Å². The molecule has 2 rings (SSSR count). The number of benzene rings is 1. The number of sulfonamides is 1. The van der Waals surface area contributed by atoms with Crippen molar-refractivity contribution in [3.8, 4) is 0 Å². The van der Waals surface area contributed by atoms with Gasteiger partial charge in [0.25, 0.3) is 5.91 Å². The lowest BCUT2D eigenvalue weighted by Gasteiger charge is -2.07. The Morgan fingerprint density at radius 2 is 1.88 bits per heavy atom. The number of rotatable bonds is 7. The molecule has 0 aliphatic carbocycles. The van der Waals surface area contributed by atoms with E-state index in [1.54, 1.807) is 24.4 Å². The van der Waals surface area contributed by atoms with Gasteiger partial charge in [-0.25, -0.2) is 13.4 Å². The molecule has 0 saturated heterocycles. The van der Waals surface area contributed by atoms with Crippen LogP contribution in [0.2, 0.25) is 0 Å². The van der Waals surface area contributed by atoms with Crippen LogP contribution in [0.4, 0.5) is 5.13 Å². The third-order valence-electron chi connectivity index (χ3n) is 2.97. The van der Waals surface area contributed by atoms with E-state index in [4.69, 9.17) is 4.74 Å². The summed E-state index contributed by atoms with van der Waals surface area (Å²) < 4.78 is 30.9. The van der Waals surface area contributed by atoms with Crippen LogP contribution >= 0.6 is 11.3 Å². The van der Waals surface area contributed by atoms with Crippen molar-refractivity contribution in [2.24, 2.45) is 0 Å². The molecule has 0 aliphatic rings. The quantitative estimate of drug-likeness (QED) is 0.695. The van der Waals surface area contributed by atoms with E-state index in [1.165, 1.54) is 23.5 Å². The summed E-state index contributed by atoms with van der Waals surface area (Å²) in [5.74, 6) is -1.41. The van der Waals surface area contributed by atoms with Gasteiger partial charge in [-0.1, -0.05) is 17.7 Å². The number of ether oxygens (including phenoxy) is 1. The van der Waals surface area contributed by atoms with E-state index in [-0.39, 0.29) is 4.90 Å². The zero-order valence-corrected chi connectivity index (χ0v) is 15.2. The first-order valence-corrected chi connectivity index (χ1v) is 9.56. The van der Waals surface area contributed by atoms with Crippen molar-refractivity contribution in [2.45, 2.75) is 18.7 Å². The maximum atomic E-state index is 12.0. The second kappa shape index (κ2) is 8.19. The van der Waals surface area contributed by atoms with Crippen LogP contribution in [0, 0.1) is 13.8 Å². The smallest absolute Gasteiger partial charge is 0.321 e. The number of amides is 1. The number of anilines is 1. The molecular weight excluding hydrogens is 366 g/mol. The lowest BCUT2D eigenvalue weighted by molar-refractivity contribution is -0.146. The fourth-order valence-corrected chi connectivity index (χ4v) is 3.39. The highest BCUT2D eigenvalue weighted by Crippen LogP contribution is 2.14. The van der Waals surface area contributed by atoms with Crippen LogP contribution in [0.5, 0.6) is 0 Å². The number of carbonyl (C=O) groups is 2. The number of nitrogens with one attached hydrogen (secondary N) is 2. The van der Waals surface area contributed by atoms with Gasteiger partial charge in [0.1, 0.15) is 6.54 Å². The maximum Gasteiger partial charge on any atom is 0.321 e. The van der Waals surface area contributed by atoms with Crippen molar-refractivity contribution in [1.82, 2.24) is 9.71 Å². The average molecular weight is 383 g/mol. The van der Waals surface area contributed by atoms with Gasteiger partial charge < -0.3 is 4.74 Å². The van der Waals surface area contributed by atoms with Crippen molar-refractivity contribution >= 4 is 38.4 Å². The number of esters is 1. The molecule has 0 aliphatic heterocycles. The molecule has 2 N–H and O–H groups in total. The summed E-state index contributed by atoms with van der Waals surface area (Å²) >= 11 is 1.25. The molecule has 8 nitrogen and oxygen atoms in total. The van der Waals surface area contributed by atoms with Crippen LogP contribution < -0.4 is 10.0 Å².